The zero-order chi connectivity index (χ0) is 14.4. The maximum Gasteiger partial charge on any atom is 0.122 e. The molecular formula is C17H21NO2. The first-order valence-electron chi connectivity index (χ1n) is 6.81. The van der Waals surface area contributed by atoms with Crippen LogP contribution in [0.3, 0.4) is 0 Å². The van der Waals surface area contributed by atoms with Crippen LogP contribution < -0.4 is 10.1 Å². The third kappa shape index (κ3) is 3.75. The average Bonchev–Trinajstić information content (AvgIpc) is 2.48. The standard InChI is InChI=1S/C17H21NO2/c1-13(10-15-7-3-4-9-17(15)20-2)18-16-8-5-6-14(11-16)12-19/h3-9,11,13,18-19H,10,12H2,1-2H3. The van der Waals surface area contributed by atoms with Crippen molar-refractivity contribution in [3.8, 4) is 5.75 Å². The van der Waals surface area contributed by atoms with Gasteiger partial charge >= 0.3 is 0 Å². The summed E-state index contributed by atoms with van der Waals surface area (Å²) in [6.07, 6.45) is 0.882. The number of anilines is 1. The molecule has 0 spiro atoms. The Labute approximate surface area is 120 Å². The lowest BCUT2D eigenvalue weighted by molar-refractivity contribution is 0.282. The summed E-state index contributed by atoms with van der Waals surface area (Å²) in [6, 6.07) is 16.2. The number of hydrogen-bond acceptors (Lipinski definition) is 3. The number of hydrogen-bond donors (Lipinski definition) is 2. The van der Waals surface area contributed by atoms with Gasteiger partial charge < -0.3 is 15.2 Å². The van der Waals surface area contributed by atoms with E-state index in [1.807, 2.05) is 42.5 Å². The Morgan fingerprint density at radius 3 is 2.70 bits per heavy atom. The molecule has 0 bridgehead atoms. The number of aliphatic hydroxyl groups is 1. The fourth-order valence-corrected chi connectivity index (χ4v) is 2.30. The SMILES string of the molecule is COc1ccccc1CC(C)Nc1cccc(CO)c1. The zero-order valence-electron chi connectivity index (χ0n) is 12.0. The topological polar surface area (TPSA) is 41.5 Å². The number of ether oxygens (including phenoxy) is 1. The van der Waals surface area contributed by atoms with Gasteiger partial charge in [-0.25, -0.2) is 0 Å². The van der Waals surface area contributed by atoms with Crippen molar-refractivity contribution in [3.63, 3.8) is 0 Å². The highest BCUT2D eigenvalue weighted by Gasteiger charge is 2.08. The maximum absolute atomic E-state index is 9.16. The Kier molecular flexibility index (Phi) is 5.02. The van der Waals surface area contributed by atoms with Crippen LogP contribution in [-0.2, 0) is 13.0 Å². The Bertz CT molecular complexity index is 554. The monoisotopic (exact) mass is 271 g/mol. The van der Waals surface area contributed by atoms with Crippen molar-refractivity contribution in [2.45, 2.75) is 26.0 Å². The van der Waals surface area contributed by atoms with Gasteiger partial charge in [0.25, 0.3) is 0 Å². The predicted molar refractivity (Wildman–Crippen MR) is 82.1 cm³/mol. The fourth-order valence-electron chi connectivity index (χ4n) is 2.30. The van der Waals surface area contributed by atoms with E-state index in [4.69, 9.17) is 9.84 Å². The quantitative estimate of drug-likeness (QED) is 0.847. The van der Waals surface area contributed by atoms with Gasteiger partial charge in [-0.1, -0.05) is 30.3 Å². The molecule has 1 atom stereocenters. The van der Waals surface area contributed by atoms with Gasteiger partial charge in [-0.05, 0) is 42.7 Å². The van der Waals surface area contributed by atoms with Gasteiger partial charge in [-0.3, -0.25) is 0 Å². The molecule has 2 aromatic carbocycles. The number of benzene rings is 2. The molecule has 3 nitrogen and oxygen atoms in total. The Morgan fingerprint density at radius 1 is 1.15 bits per heavy atom. The third-order valence-electron chi connectivity index (χ3n) is 3.24. The Morgan fingerprint density at radius 2 is 1.95 bits per heavy atom. The number of para-hydroxylation sites is 1. The van der Waals surface area contributed by atoms with E-state index in [1.54, 1.807) is 7.11 Å². The van der Waals surface area contributed by atoms with Crippen LogP contribution in [-0.4, -0.2) is 18.3 Å². The van der Waals surface area contributed by atoms with E-state index in [-0.39, 0.29) is 12.6 Å². The van der Waals surface area contributed by atoms with Gasteiger partial charge in [-0.15, -0.1) is 0 Å². The molecule has 0 saturated carbocycles. The Balaban J connectivity index is 2.03. The summed E-state index contributed by atoms with van der Waals surface area (Å²) in [5.41, 5.74) is 3.13. The summed E-state index contributed by atoms with van der Waals surface area (Å²) >= 11 is 0. The summed E-state index contributed by atoms with van der Waals surface area (Å²) in [4.78, 5) is 0. The molecule has 0 saturated heterocycles. The molecule has 0 amide bonds. The molecular weight excluding hydrogens is 250 g/mol. The van der Waals surface area contributed by atoms with Crippen LogP contribution >= 0.6 is 0 Å². The van der Waals surface area contributed by atoms with E-state index in [0.717, 1.165) is 23.4 Å². The molecule has 2 aromatic rings. The number of methoxy groups -OCH3 is 1. The van der Waals surface area contributed by atoms with Gasteiger partial charge in [0.15, 0.2) is 0 Å². The van der Waals surface area contributed by atoms with Gasteiger partial charge in [0.2, 0.25) is 0 Å². The van der Waals surface area contributed by atoms with Gasteiger partial charge in [0, 0.05) is 11.7 Å². The van der Waals surface area contributed by atoms with Gasteiger partial charge in [0.1, 0.15) is 5.75 Å². The van der Waals surface area contributed by atoms with E-state index >= 15 is 0 Å². The van der Waals surface area contributed by atoms with Crippen LogP contribution in [0.5, 0.6) is 5.75 Å². The maximum atomic E-state index is 9.16. The fraction of sp³-hybridized carbons (Fsp3) is 0.294. The van der Waals surface area contributed by atoms with E-state index in [1.165, 1.54) is 5.56 Å². The van der Waals surface area contributed by atoms with Crippen LogP contribution in [0.25, 0.3) is 0 Å². The number of rotatable bonds is 6. The smallest absolute Gasteiger partial charge is 0.122 e. The third-order valence-corrected chi connectivity index (χ3v) is 3.24. The molecule has 0 aromatic heterocycles. The predicted octanol–water partition coefficient (Wildman–Crippen LogP) is 3.23. The molecule has 2 rings (SSSR count). The lowest BCUT2D eigenvalue weighted by atomic mass is 10.1. The summed E-state index contributed by atoms with van der Waals surface area (Å²) in [7, 11) is 1.70. The van der Waals surface area contributed by atoms with Crippen molar-refractivity contribution in [2.24, 2.45) is 0 Å². The van der Waals surface area contributed by atoms with Crippen LogP contribution in [0.1, 0.15) is 18.1 Å². The number of aliphatic hydroxyl groups excluding tert-OH is 1. The lowest BCUT2D eigenvalue weighted by Crippen LogP contribution is -2.18. The highest BCUT2D eigenvalue weighted by Crippen LogP contribution is 2.20. The highest BCUT2D eigenvalue weighted by molar-refractivity contribution is 5.47. The minimum Gasteiger partial charge on any atom is -0.496 e. The summed E-state index contributed by atoms with van der Waals surface area (Å²) < 4.78 is 5.37. The van der Waals surface area contributed by atoms with Crippen molar-refractivity contribution < 1.29 is 9.84 Å². The van der Waals surface area contributed by atoms with Crippen LogP contribution in [0, 0.1) is 0 Å². The lowest BCUT2D eigenvalue weighted by Gasteiger charge is -2.17. The molecule has 0 heterocycles. The van der Waals surface area contributed by atoms with Gasteiger partial charge in [-0.2, -0.15) is 0 Å². The molecule has 0 fully saturated rings. The normalized spacial score (nSPS) is 11.9. The molecule has 0 aliphatic rings. The minimum absolute atomic E-state index is 0.0659. The van der Waals surface area contributed by atoms with Crippen molar-refractivity contribution in [2.75, 3.05) is 12.4 Å². The Hall–Kier alpha value is -2.00. The first kappa shape index (κ1) is 14.4. The molecule has 0 aliphatic heterocycles. The highest BCUT2D eigenvalue weighted by atomic mass is 16.5. The first-order chi connectivity index (χ1) is 9.72. The van der Waals surface area contributed by atoms with Crippen molar-refractivity contribution in [1.29, 1.82) is 0 Å². The second-order valence-corrected chi connectivity index (χ2v) is 4.92. The summed E-state index contributed by atoms with van der Waals surface area (Å²) in [5, 5.41) is 12.6. The second kappa shape index (κ2) is 6.96. The van der Waals surface area contributed by atoms with E-state index < -0.39 is 0 Å². The van der Waals surface area contributed by atoms with Gasteiger partial charge in [0.05, 0.1) is 13.7 Å². The molecule has 20 heavy (non-hydrogen) atoms. The van der Waals surface area contributed by atoms with Crippen molar-refractivity contribution >= 4 is 5.69 Å². The van der Waals surface area contributed by atoms with E-state index in [0.29, 0.717) is 0 Å². The largest absolute Gasteiger partial charge is 0.496 e. The molecule has 2 N–H and O–H groups in total. The van der Waals surface area contributed by atoms with Crippen LogP contribution in [0.2, 0.25) is 0 Å². The van der Waals surface area contributed by atoms with Crippen molar-refractivity contribution in [3.05, 3.63) is 59.7 Å². The minimum atomic E-state index is 0.0659. The number of nitrogens with one attached hydrogen (secondary N) is 1. The zero-order valence-corrected chi connectivity index (χ0v) is 12.0. The van der Waals surface area contributed by atoms with Crippen molar-refractivity contribution in [1.82, 2.24) is 0 Å². The molecule has 0 aliphatic carbocycles. The average molecular weight is 271 g/mol. The second-order valence-electron chi connectivity index (χ2n) is 4.92. The van der Waals surface area contributed by atoms with Crippen LogP contribution in [0.15, 0.2) is 48.5 Å². The molecule has 1 unspecified atom stereocenters. The van der Waals surface area contributed by atoms with Crippen LogP contribution in [0.4, 0.5) is 5.69 Å². The first-order valence-corrected chi connectivity index (χ1v) is 6.81. The summed E-state index contributed by atoms with van der Waals surface area (Å²) in [6.45, 7) is 2.20. The summed E-state index contributed by atoms with van der Waals surface area (Å²) in [5.74, 6) is 0.922. The molecule has 3 heteroatoms. The van der Waals surface area contributed by atoms with E-state index in [2.05, 4.69) is 18.3 Å². The van der Waals surface area contributed by atoms with E-state index in [9.17, 15) is 0 Å². The molecule has 0 radical (unpaired) electrons. The molecule has 106 valence electrons.